The van der Waals surface area contributed by atoms with Crippen molar-refractivity contribution in [3.8, 4) is 22.6 Å². The van der Waals surface area contributed by atoms with Crippen molar-refractivity contribution in [1.29, 1.82) is 0 Å². The lowest BCUT2D eigenvalue weighted by atomic mass is 10.0. The van der Waals surface area contributed by atoms with Gasteiger partial charge in [0.1, 0.15) is 11.5 Å². The maximum absolute atomic E-state index is 10.8. The van der Waals surface area contributed by atoms with Crippen molar-refractivity contribution in [2.45, 2.75) is 0 Å². The van der Waals surface area contributed by atoms with Crippen LogP contribution in [0.3, 0.4) is 0 Å². The number of nitrogens with zero attached hydrogens (tertiary/aromatic N) is 2. The minimum absolute atomic E-state index is 0.110. The van der Waals surface area contributed by atoms with E-state index in [1.807, 2.05) is 0 Å². The molecule has 114 valence electrons. The summed E-state index contributed by atoms with van der Waals surface area (Å²) in [5.41, 5.74) is 0.864. The maximum Gasteiger partial charge on any atom is 0.273 e. The summed E-state index contributed by atoms with van der Waals surface area (Å²) in [7, 11) is 2.78. The van der Waals surface area contributed by atoms with Gasteiger partial charge in [-0.05, 0) is 12.1 Å². The van der Waals surface area contributed by atoms with Crippen LogP contribution in [0, 0.1) is 20.2 Å². The Bertz CT molecular complexity index is 681. The first-order valence-corrected chi connectivity index (χ1v) is 6.13. The zero-order valence-corrected chi connectivity index (χ0v) is 11.8. The Labute approximate surface area is 125 Å². The van der Waals surface area contributed by atoms with Crippen molar-refractivity contribution in [3.63, 3.8) is 0 Å². The Morgan fingerprint density at radius 2 is 1.14 bits per heavy atom. The second kappa shape index (κ2) is 6.08. The van der Waals surface area contributed by atoms with Crippen molar-refractivity contribution in [3.05, 3.63) is 56.6 Å². The third kappa shape index (κ3) is 2.80. The molecule has 0 aliphatic heterocycles. The van der Waals surface area contributed by atoms with Crippen LogP contribution in [-0.4, -0.2) is 24.1 Å². The van der Waals surface area contributed by atoms with Gasteiger partial charge in [0, 0.05) is 23.3 Å². The number of nitro benzene ring substituents is 2. The normalized spacial score (nSPS) is 10.1. The predicted octanol–water partition coefficient (Wildman–Crippen LogP) is 3.19. The first-order chi connectivity index (χ1) is 10.5. The fraction of sp³-hybridized carbons (Fsp3) is 0.143. The quantitative estimate of drug-likeness (QED) is 0.620. The highest BCUT2D eigenvalue weighted by atomic mass is 16.6. The molecule has 8 nitrogen and oxygen atoms in total. The predicted molar refractivity (Wildman–Crippen MR) is 78.3 cm³/mol. The SMILES string of the molecule is COc1cc([N+](=O)[O-])ccc1-c1ccc([N+](=O)[O-])cc1OC. The molecule has 0 aliphatic carbocycles. The number of nitro groups is 2. The van der Waals surface area contributed by atoms with Gasteiger partial charge in [-0.25, -0.2) is 0 Å². The number of hydrogen-bond donors (Lipinski definition) is 0. The van der Waals surface area contributed by atoms with E-state index in [9.17, 15) is 20.2 Å². The molecule has 22 heavy (non-hydrogen) atoms. The molecule has 0 heterocycles. The van der Waals surface area contributed by atoms with Gasteiger partial charge in [-0.3, -0.25) is 20.2 Å². The molecule has 0 saturated carbocycles. The average Bonchev–Trinajstić information content (AvgIpc) is 2.53. The van der Waals surface area contributed by atoms with E-state index in [1.165, 1.54) is 50.6 Å². The van der Waals surface area contributed by atoms with E-state index >= 15 is 0 Å². The lowest BCUT2D eigenvalue weighted by Crippen LogP contribution is -1.95. The zero-order chi connectivity index (χ0) is 16.3. The number of benzene rings is 2. The summed E-state index contributed by atoms with van der Waals surface area (Å²) in [5, 5.41) is 21.6. The molecule has 0 N–H and O–H groups in total. The molecule has 0 aromatic heterocycles. The monoisotopic (exact) mass is 304 g/mol. The van der Waals surface area contributed by atoms with Gasteiger partial charge in [0.15, 0.2) is 0 Å². The number of rotatable bonds is 5. The minimum Gasteiger partial charge on any atom is -0.496 e. The van der Waals surface area contributed by atoms with Crippen molar-refractivity contribution < 1.29 is 19.3 Å². The molecule has 0 unspecified atom stereocenters. The van der Waals surface area contributed by atoms with Gasteiger partial charge >= 0.3 is 0 Å². The Morgan fingerprint density at radius 3 is 1.41 bits per heavy atom. The van der Waals surface area contributed by atoms with Crippen molar-refractivity contribution in [2.75, 3.05) is 14.2 Å². The van der Waals surface area contributed by atoms with Gasteiger partial charge in [-0.2, -0.15) is 0 Å². The summed E-state index contributed by atoms with van der Waals surface area (Å²) < 4.78 is 10.3. The maximum atomic E-state index is 10.8. The van der Waals surface area contributed by atoms with Crippen LogP contribution < -0.4 is 9.47 Å². The van der Waals surface area contributed by atoms with Crippen LogP contribution in [-0.2, 0) is 0 Å². The van der Waals surface area contributed by atoms with Crippen LogP contribution >= 0.6 is 0 Å². The van der Waals surface area contributed by atoms with Crippen LogP contribution in [0.2, 0.25) is 0 Å². The van der Waals surface area contributed by atoms with Gasteiger partial charge in [0.25, 0.3) is 11.4 Å². The van der Waals surface area contributed by atoms with E-state index in [-0.39, 0.29) is 22.9 Å². The Morgan fingerprint density at radius 1 is 0.773 bits per heavy atom. The highest BCUT2D eigenvalue weighted by molar-refractivity contribution is 5.78. The molecule has 0 bridgehead atoms. The highest BCUT2D eigenvalue weighted by Gasteiger charge is 2.18. The van der Waals surface area contributed by atoms with Crippen molar-refractivity contribution >= 4 is 11.4 Å². The smallest absolute Gasteiger partial charge is 0.273 e. The molecular formula is C14H12N2O6. The fourth-order valence-electron chi connectivity index (χ4n) is 2.03. The lowest BCUT2D eigenvalue weighted by Gasteiger charge is -2.12. The second-order valence-electron chi connectivity index (χ2n) is 4.28. The summed E-state index contributed by atoms with van der Waals surface area (Å²) in [6.07, 6.45) is 0. The molecule has 0 aliphatic rings. The fourth-order valence-corrected chi connectivity index (χ4v) is 2.03. The number of methoxy groups -OCH3 is 2. The number of non-ortho nitro benzene ring substituents is 2. The summed E-state index contributed by atoms with van der Waals surface area (Å²) in [6, 6.07) is 8.27. The second-order valence-corrected chi connectivity index (χ2v) is 4.28. The van der Waals surface area contributed by atoms with Crippen LogP contribution in [0.25, 0.3) is 11.1 Å². The van der Waals surface area contributed by atoms with E-state index < -0.39 is 9.85 Å². The molecule has 2 rings (SSSR count). The van der Waals surface area contributed by atoms with E-state index in [0.29, 0.717) is 11.1 Å². The Kier molecular flexibility index (Phi) is 4.21. The van der Waals surface area contributed by atoms with Crippen molar-refractivity contribution in [1.82, 2.24) is 0 Å². The van der Waals surface area contributed by atoms with E-state index in [2.05, 4.69) is 0 Å². The highest BCUT2D eigenvalue weighted by Crippen LogP contribution is 2.39. The van der Waals surface area contributed by atoms with Crippen LogP contribution in [0.5, 0.6) is 11.5 Å². The molecule has 0 spiro atoms. The van der Waals surface area contributed by atoms with Gasteiger partial charge < -0.3 is 9.47 Å². The number of ether oxygens (including phenoxy) is 2. The van der Waals surface area contributed by atoms with Gasteiger partial charge in [0.2, 0.25) is 0 Å². The molecule has 8 heteroatoms. The van der Waals surface area contributed by atoms with Crippen LogP contribution in [0.15, 0.2) is 36.4 Å². The van der Waals surface area contributed by atoms with Gasteiger partial charge in [-0.1, -0.05) is 0 Å². The number of hydrogen-bond acceptors (Lipinski definition) is 6. The molecule has 0 radical (unpaired) electrons. The zero-order valence-electron chi connectivity index (χ0n) is 11.8. The molecule has 2 aromatic rings. The molecule has 0 amide bonds. The topological polar surface area (TPSA) is 105 Å². The minimum atomic E-state index is -0.528. The largest absolute Gasteiger partial charge is 0.496 e. The third-order valence-corrected chi connectivity index (χ3v) is 3.08. The summed E-state index contributed by atoms with van der Waals surface area (Å²) in [4.78, 5) is 20.6. The molecule has 2 aromatic carbocycles. The first kappa shape index (κ1) is 15.2. The van der Waals surface area contributed by atoms with Gasteiger partial charge in [-0.15, -0.1) is 0 Å². The summed E-state index contributed by atoms with van der Waals surface area (Å²) >= 11 is 0. The Balaban J connectivity index is 2.60. The van der Waals surface area contributed by atoms with Crippen molar-refractivity contribution in [2.24, 2.45) is 0 Å². The van der Waals surface area contributed by atoms with Crippen LogP contribution in [0.1, 0.15) is 0 Å². The van der Waals surface area contributed by atoms with E-state index in [0.717, 1.165) is 0 Å². The summed E-state index contributed by atoms with van der Waals surface area (Å²) in [6.45, 7) is 0. The molecule has 0 saturated heterocycles. The van der Waals surface area contributed by atoms with Crippen LogP contribution in [0.4, 0.5) is 11.4 Å². The average molecular weight is 304 g/mol. The molecule has 0 atom stereocenters. The first-order valence-electron chi connectivity index (χ1n) is 6.13. The summed E-state index contributed by atoms with van der Waals surface area (Å²) in [5.74, 6) is 0.558. The van der Waals surface area contributed by atoms with E-state index in [4.69, 9.17) is 9.47 Å². The molecular weight excluding hydrogens is 292 g/mol. The lowest BCUT2D eigenvalue weighted by molar-refractivity contribution is -0.385. The molecule has 0 fully saturated rings. The Hall–Kier alpha value is -3.16. The van der Waals surface area contributed by atoms with E-state index in [1.54, 1.807) is 0 Å². The third-order valence-electron chi connectivity index (χ3n) is 3.08. The van der Waals surface area contributed by atoms with Gasteiger partial charge in [0.05, 0.1) is 36.2 Å². The standard InChI is InChI=1S/C14H12N2O6/c1-21-13-7-9(15(17)18)3-5-11(13)12-6-4-10(16(19)20)8-14(12)22-2/h3-8H,1-2H3.